The number of H-pyrrole nitrogens is 1. The minimum Gasteiger partial charge on any atom is -0.478 e. The molecule has 0 amide bonds. The van der Waals surface area contributed by atoms with Crippen LogP contribution in [0, 0.1) is 6.92 Å². The summed E-state index contributed by atoms with van der Waals surface area (Å²) in [6.45, 7) is 1.98. The maximum Gasteiger partial charge on any atom is 0.337 e. The van der Waals surface area contributed by atoms with Crippen molar-refractivity contribution in [1.82, 2.24) is 9.78 Å². The monoisotopic (exact) mass is 397 g/mol. The van der Waals surface area contributed by atoms with Crippen LogP contribution in [0.1, 0.15) is 21.5 Å². The Hall–Kier alpha value is -4.19. The first-order valence-electron chi connectivity index (χ1n) is 9.38. The molecule has 1 aromatic heterocycles. The van der Waals surface area contributed by atoms with E-state index in [1.54, 1.807) is 18.2 Å². The summed E-state index contributed by atoms with van der Waals surface area (Å²) in [7, 11) is 0. The summed E-state index contributed by atoms with van der Waals surface area (Å²) in [6.07, 6.45) is 1.42. The van der Waals surface area contributed by atoms with Crippen LogP contribution >= 0.6 is 0 Å². The fourth-order valence-electron chi connectivity index (χ4n) is 3.17. The summed E-state index contributed by atoms with van der Waals surface area (Å²) in [5.41, 5.74) is 3.67. The summed E-state index contributed by atoms with van der Waals surface area (Å²) in [5.74, 6) is -1.07. The fraction of sp³-hybridized carbons (Fsp3) is 0.0417. The van der Waals surface area contributed by atoms with Crippen LogP contribution in [0.2, 0.25) is 0 Å². The number of hydrogen-bond acceptors (Lipinski definition) is 3. The van der Waals surface area contributed by atoms with Gasteiger partial charge in [0.25, 0.3) is 5.56 Å². The molecule has 4 aromatic rings. The number of benzene rings is 3. The molecule has 4 rings (SSSR count). The van der Waals surface area contributed by atoms with E-state index in [9.17, 15) is 14.7 Å². The molecule has 1 heterocycles. The zero-order valence-corrected chi connectivity index (χ0v) is 16.2. The molecule has 0 bridgehead atoms. The number of carbonyl (C=O) groups is 1. The number of aromatic amines is 1. The number of carboxylic acid groups (broad SMARTS) is 1. The van der Waals surface area contributed by atoms with Gasteiger partial charge in [0.05, 0.1) is 28.2 Å². The second-order valence-electron chi connectivity index (χ2n) is 6.82. The second-order valence-corrected chi connectivity index (χ2v) is 6.82. The van der Waals surface area contributed by atoms with Crippen molar-refractivity contribution in [2.45, 2.75) is 6.92 Å². The van der Waals surface area contributed by atoms with Gasteiger partial charge < -0.3 is 5.11 Å². The number of nitrogens with zero attached hydrogens (tertiary/aromatic N) is 2. The molecule has 6 heteroatoms. The van der Waals surface area contributed by atoms with Gasteiger partial charge in [0.2, 0.25) is 0 Å². The molecule has 0 spiro atoms. The standard InChI is InChI=1S/C24H19N3O3/c1-16-11-13-18(14-12-16)27-23(28)20(22(26-27)17-7-3-2-4-8-17)15-25-21-10-6-5-9-19(21)24(29)30/h2-15,26H,1H3,(H,29,30). The minimum atomic E-state index is -1.07. The lowest BCUT2D eigenvalue weighted by molar-refractivity contribution is 0.0698. The van der Waals surface area contributed by atoms with E-state index in [0.29, 0.717) is 16.9 Å². The van der Waals surface area contributed by atoms with Gasteiger partial charge in [-0.2, -0.15) is 0 Å². The third-order valence-electron chi connectivity index (χ3n) is 4.75. The first kappa shape index (κ1) is 19.1. The van der Waals surface area contributed by atoms with Gasteiger partial charge in [-0.05, 0) is 31.2 Å². The third-order valence-corrected chi connectivity index (χ3v) is 4.75. The number of para-hydroxylation sites is 1. The molecule has 0 fully saturated rings. The van der Waals surface area contributed by atoms with Crippen molar-refractivity contribution in [3.8, 4) is 16.9 Å². The van der Waals surface area contributed by atoms with E-state index >= 15 is 0 Å². The highest BCUT2D eigenvalue weighted by Gasteiger charge is 2.16. The van der Waals surface area contributed by atoms with Gasteiger partial charge in [0, 0.05) is 11.8 Å². The van der Waals surface area contributed by atoms with Gasteiger partial charge in [-0.1, -0.05) is 60.2 Å². The minimum absolute atomic E-state index is 0.0735. The summed E-state index contributed by atoms with van der Waals surface area (Å²) >= 11 is 0. The zero-order chi connectivity index (χ0) is 21.1. The summed E-state index contributed by atoms with van der Waals surface area (Å²) < 4.78 is 1.46. The number of rotatable bonds is 5. The topological polar surface area (TPSA) is 87.4 Å². The predicted molar refractivity (Wildman–Crippen MR) is 117 cm³/mol. The van der Waals surface area contributed by atoms with Gasteiger partial charge in [-0.25, -0.2) is 9.48 Å². The molecule has 0 atom stereocenters. The number of aromatic carboxylic acids is 1. The average molecular weight is 397 g/mol. The van der Waals surface area contributed by atoms with Gasteiger partial charge >= 0.3 is 5.97 Å². The molecular formula is C24H19N3O3. The number of carboxylic acids is 1. The smallest absolute Gasteiger partial charge is 0.337 e. The predicted octanol–water partition coefficient (Wildman–Crippen LogP) is 4.59. The normalized spacial score (nSPS) is 11.1. The highest BCUT2D eigenvalue weighted by atomic mass is 16.4. The Kier molecular flexibility index (Phi) is 5.13. The van der Waals surface area contributed by atoms with E-state index in [2.05, 4.69) is 10.1 Å². The molecule has 0 saturated heterocycles. The van der Waals surface area contributed by atoms with E-state index in [1.165, 1.54) is 17.0 Å². The Morgan fingerprint density at radius 3 is 2.33 bits per heavy atom. The second kappa shape index (κ2) is 8.05. The lowest BCUT2D eigenvalue weighted by Gasteiger charge is -2.02. The molecule has 148 valence electrons. The third kappa shape index (κ3) is 3.71. The average Bonchev–Trinajstić information content (AvgIpc) is 3.10. The molecule has 0 unspecified atom stereocenters. The van der Waals surface area contributed by atoms with Gasteiger partial charge in [0.15, 0.2) is 0 Å². The highest BCUT2D eigenvalue weighted by molar-refractivity contribution is 5.96. The molecule has 0 aliphatic rings. The lowest BCUT2D eigenvalue weighted by Crippen LogP contribution is -2.17. The SMILES string of the molecule is Cc1ccc(-n2[nH]c(-c3ccccc3)c(C=Nc3ccccc3C(=O)O)c2=O)cc1. The van der Waals surface area contributed by atoms with Crippen molar-refractivity contribution in [1.29, 1.82) is 0 Å². The number of aliphatic imine (C=N–C) groups is 1. The fourth-order valence-corrected chi connectivity index (χ4v) is 3.17. The number of hydrogen-bond donors (Lipinski definition) is 2. The van der Waals surface area contributed by atoms with Crippen molar-refractivity contribution in [3.05, 3.63) is 106 Å². The van der Waals surface area contributed by atoms with E-state index < -0.39 is 5.97 Å². The molecule has 2 N–H and O–H groups in total. The first-order chi connectivity index (χ1) is 14.5. The van der Waals surface area contributed by atoms with Gasteiger partial charge in [0.1, 0.15) is 0 Å². The van der Waals surface area contributed by atoms with Crippen molar-refractivity contribution < 1.29 is 9.90 Å². The van der Waals surface area contributed by atoms with Crippen LogP contribution in [-0.2, 0) is 0 Å². The van der Waals surface area contributed by atoms with Crippen molar-refractivity contribution in [3.63, 3.8) is 0 Å². The summed E-state index contributed by atoms with van der Waals surface area (Å²) in [4.78, 5) is 29.0. The molecule has 0 radical (unpaired) electrons. The summed E-state index contributed by atoms with van der Waals surface area (Å²) in [6, 6.07) is 23.5. The lowest BCUT2D eigenvalue weighted by atomic mass is 10.1. The molecule has 3 aromatic carbocycles. The van der Waals surface area contributed by atoms with Crippen LogP contribution < -0.4 is 5.56 Å². The van der Waals surface area contributed by atoms with E-state index in [1.807, 2.05) is 61.5 Å². The Balaban J connectivity index is 1.87. The Labute approximate surface area is 172 Å². The Morgan fingerprint density at radius 1 is 0.967 bits per heavy atom. The van der Waals surface area contributed by atoms with E-state index in [0.717, 1.165) is 11.1 Å². The van der Waals surface area contributed by atoms with Gasteiger partial charge in [-0.3, -0.25) is 14.9 Å². The molecular weight excluding hydrogens is 378 g/mol. The van der Waals surface area contributed by atoms with E-state index in [4.69, 9.17) is 0 Å². The largest absolute Gasteiger partial charge is 0.478 e. The van der Waals surface area contributed by atoms with E-state index in [-0.39, 0.29) is 16.8 Å². The molecule has 0 aliphatic heterocycles. The van der Waals surface area contributed by atoms with Crippen molar-refractivity contribution in [2.24, 2.45) is 4.99 Å². The van der Waals surface area contributed by atoms with Crippen molar-refractivity contribution >= 4 is 17.9 Å². The van der Waals surface area contributed by atoms with Crippen LogP contribution in [0.25, 0.3) is 16.9 Å². The quantitative estimate of drug-likeness (QED) is 0.483. The molecule has 0 saturated carbocycles. The van der Waals surface area contributed by atoms with Gasteiger partial charge in [-0.15, -0.1) is 0 Å². The van der Waals surface area contributed by atoms with Crippen LogP contribution in [0.15, 0.2) is 88.6 Å². The maximum atomic E-state index is 13.2. The van der Waals surface area contributed by atoms with Crippen LogP contribution in [-0.4, -0.2) is 27.1 Å². The maximum absolute atomic E-state index is 13.2. The van der Waals surface area contributed by atoms with Crippen molar-refractivity contribution in [2.75, 3.05) is 0 Å². The molecule has 6 nitrogen and oxygen atoms in total. The number of aryl methyl sites for hydroxylation is 1. The highest BCUT2D eigenvalue weighted by Crippen LogP contribution is 2.22. The zero-order valence-electron chi connectivity index (χ0n) is 16.2. The molecule has 0 aliphatic carbocycles. The number of nitrogens with one attached hydrogen (secondary N) is 1. The molecule has 30 heavy (non-hydrogen) atoms. The van der Waals surface area contributed by atoms with Crippen LogP contribution in [0.3, 0.4) is 0 Å². The summed E-state index contributed by atoms with van der Waals surface area (Å²) in [5, 5.41) is 12.6. The Bertz CT molecular complexity index is 1280. The van der Waals surface area contributed by atoms with Crippen LogP contribution in [0.4, 0.5) is 5.69 Å². The Morgan fingerprint density at radius 2 is 1.63 bits per heavy atom. The van der Waals surface area contributed by atoms with Crippen LogP contribution in [0.5, 0.6) is 0 Å². The number of aromatic nitrogens is 2. The first-order valence-corrected chi connectivity index (χ1v) is 9.38.